The van der Waals surface area contributed by atoms with Gasteiger partial charge in [0.05, 0.1) is 0 Å². The van der Waals surface area contributed by atoms with E-state index in [4.69, 9.17) is 0 Å². The Morgan fingerprint density at radius 3 is 2.07 bits per heavy atom. The Labute approximate surface area is 93.8 Å². The Hall–Kier alpha value is 0. The van der Waals surface area contributed by atoms with Crippen molar-refractivity contribution in [3.63, 3.8) is 0 Å². The van der Waals surface area contributed by atoms with Gasteiger partial charge in [-0.05, 0) is 61.2 Å². The largest absolute Gasteiger partial charge is 0.0530 e. The molecule has 0 aromatic heterocycles. The van der Waals surface area contributed by atoms with Crippen LogP contribution in [-0.4, -0.2) is 0 Å². The van der Waals surface area contributed by atoms with Gasteiger partial charge in [-0.1, -0.05) is 32.1 Å². The van der Waals surface area contributed by atoms with Crippen molar-refractivity contribution in [3.05, 3.63) is 6.42 Å². The maximum Gasteiger partial charge on any atom is -0.00941 e. The van der Waals surface area contributed by atoms with E-state index >= 15 is 0 Å². The van der Waals surface area contributed by atoms with Gasteiger partial charge in [0.2, 0.25) is 0 Å². The van der Waals surface area contributed by atoms with Gasteiger partial charge in [0, 0.05) is 0 Å². The van der Waals surface area contributed by atoms with Crippen LogP contribution < -0.4 is 0 Å². The van der Waals surface area contributed by atoms with Crippen LogP contribution in [0.15, 0.2) is 0 Å². The van der Waals surface area contributed by atoms with Crippen molar-refractivity contribution in [1.82, 2.24) is 0 Å². The third-order valence-electron chi connectivity index (χ3n) is 6.08. The van der Waals surface area contributed by atoms with Crippen LogP contribution in [0.5, 0.6) is 0 Å². The molecule has 0 heteroatoms. The highest BCUT2D eigenvalue weighted by Gasteiger charge is 2.70. The summed E-state index contributed by atoms with van der Waals surface area (Å²) < 4.78 is 0. The highest BCUT2D eigenvalue weighted by molar-refractivity contribution is 5.25. The van der Waals surface area contributed by atoms with Gasteiger partial charge in [-0.25, -0.2) is 0 Å². The third kappa shape index (κ3) is 1.04. The van der Waals surface area contributed by atoms with Crippen LogP contribution in [-0.2, 0) is 0 Å². The van der Waals surface area contributed by atoms with Crippen LogP contribution in [0.2, 0.25) is 0 Å². The molecule has 4 aliphatic rings. The molecule has 0 amide bonds. The third-order valence-corrected chi connectivity index (χ3v) is 6.08. The summed E-state index contributed by atoms with van der Waals surface area (Å²) in [6, 6.07) is 0. The minimum Gasteiger partial charge on any atom is -0.0530 e. The molecule has 1 spiro atoms. The molecule has 0 N–H and O–H groups in total. The van der Waals surface area contributed by atoms with E-state index in [-0.39, 0.29) is 0 Å². The van der Waals surface area contributed by atoms with E-state index in [2.05, 4.69) is 6.42 Å². The highest BCUT2D eigenvalue weighted by atomic mass is 14.7. The number of hydrogen-bond donors (Lipinski definition) is 0. The highest BCUT2D eigenvalue weighted by Crippen LogP contribution is 2.76. The summed E-state index contributed by atoms with van der Waals surface area (Å²) in [6.07, 6.45) is 17.6. The molecule has 0 aliphatic heterocycles. The quantitative estimate of drug-likeness (QED) is 0.555. The maximum atomic E-state index is 3.99. The van der Waals surface area contributed by atoms with Crippen LogP contribution in [0, 0.1) is 35.5 Å². The van der Waals surface area contributed by atoms with Crippen molar-refractivity contribution in [3.8, 4) is 0 Å². The maximum absolute atomic E-state index is 3.99. The first-order chi connectivity index (χ1) is 7.43. The normalized spacial score (nSPS) is 57.6. The molecule has 4 rings (SSSR count). The fraction of sp³-hybridized carbons (Fsp3) is 0.933. The zero-order valence-corrected chi connectivity index (χ0v) is 9.67. The molecule has 0 heterocycles. The Balaban J connectivity index is 1.62. The lowest BCUT2D eigenvalue weighted by molar-refractivity contribution is 0.201. The van der Waals surface area contributed by atoms with E-state index in [1.54, 1.807) is 19.3 Å². The van der Waals surface area contributed by atoms with Gasteiger partial charge in [-0.15, -0.1) is 0 Å². The molecular formula is C15H22. The summed E-state index contributed by atoms with van der Waals surface area (Å²) >= 11 is 0. The van der Waals surface area contributed by atoms with Crippen molar-refractivity contribution in [2.24, 2.45) is 29.1 Å². The molecule has 0 nitrogen and oxygen atoms in total. The van der Waals surface area contributed by atoms with Crippen LogP contribution in [0.3, 0.4) is 0 Å². The minimum atomic E-state index is 0.682. The lowest BCUT2D eigenvalue weighted by Crippen LogP contribution is -2.22. The number of rotatable bonds is 0. The first-order valence-electron chi connectivity index (χ1n) is 7.18. The van der Waals surface area contributed by atoms with Gasteiger partial charge < -0.3 is 0 Å². The smallest absolute Gasteiger partial charge is 0.00941 e. The number of hydrogen-bond acceptors (Lipinski definition) is 0. The standard InChI is InChI=1S/C15H22/c1-2-6-12-11(5-1)9-10-15(12)13-7-3-4-8-14(13)15/h11-14H,1-9H2. The van der Waals surface area contributed by atoms with Gasteiger partial charge >= 0.3 is 0 Å². The molecule has 4 fully saturated rings. The molecule has 4 aliphatic carbocycles. The Kier molecular flexibility index (Phi) is 1.83. The topological polar surface area (TPSA) is 0 Å². The molecule has 82 valence electrons. The average molecular weight is 202 g/mol. The molecular weight excluding hydrogens is 180 g/mol. The predicted molar refractivity (Wildman–Crippen MR) is 61.2 cm³/mol. The van der Waals surface area contributed by atoms with Crippen molar-refractivity contribution >= 4 is 0 Å². The van der Waals surface area contributed by atoms with E-state index in [0.717, 1.165) is 23.7 Å². The van der Waals surface area contributed by atoms with Gasteiger partial charge in [0.1, 0.15) is 0 Å². The van der Waals surface area contributed by atoms with Crippen molar-refractivity contribution < 1.29 is 0 Å². The predicted octanol–water partition coefficient (Wildman–Crippen LogP) is 4.08. The molecule has 0 aromatic rings. The first kappa shape index (κ1) is 9.07. The van der Waals surface area contributed by atoms with Crippen LogP contribution in [0.25, 0.3) is 0 Å². The first-order valence-corrected chi connectivity index (χ1v) is 7.18. The summed E-state index contributed by atoms with van der Waals surface area (Å²) in [6.45, 7) is 0. The summed E-state index contributed by atoms with van der Waals surface area (Å²) in [5.41, 5.74) is 0.682. The van der Waals surface area contributed by atoms with Gasteiger partial charge in [-0.2, -0.15) is 0 Å². The van der Waals surface area contributed by atoms with Crippen LogP contribution in [0.4, 0.5) is 0 Å². The van der Waals surface area contributed by atoms with E-state index in [9.17, 15) is 0 Å². The van der Waals surface area contributed by atoms with E-state index < -0.39 is 0 Å². The van der Waals surface area contributed by atoms with Gasteiger partial charge in [-0.3, -0.25) is 0 Å². The Morgan fingerprint density at radius 1 is 0.733 bits per heavy atom. The molecule has 0 aromatic carbocycles. The molecule has 4 saturated carbocycles. The summed E-state index contributed by atoms with van der Waals surface area (Å²) in [5.74, 6) is 4.34. The SMILES string of the molecule is [C]1CC2CCCCC2C12C1CCCCC12. The zero-order valence-electron chi connectivity index (χ0n) is 9.67. The van der Waals surface area contributed by atoms with Crippen LogP contribution in [0.1, 0.15) is 57.8 Å². The molecule has 15 heavy (non-hydrogen) atoms. The molecule has 0 saturated heterocycles. The van der Waals surface area contributed by atoms with Gasteiger partial charge in [0.15, 0.2) is 0 Å². The molecule has 0 bridgehead atoms. The monoisotopic (exact) mass is 202 g/mol. The Morgan fingerprint density at radius 2 is 1.33 bits per heavy atom. The van der Waals surface area contributed by atoms with E-state index in [0.29, 0.717) is 5.41 Å². The fourth-order valence-electron chi connectivity index (χ4n) is 5.50. The second-order valence-electron chi connectivity index (χ2n) is 6.46. The number of fused-ring (bicyclic) bond motifs is 5. The second kappa shape index (κ2) is 3.02. The van der Waals surface area contributed by atoms with Crippen LogP contribution >= 0.6 is 0 Å². The lowest BCUT2D eigenvalue weighted by Gasteiger charge is -2.30. The Bertz CT molecular complexity index is 255. The second-order valence-corrected chi connectivity index (χ2v) is 6.46. The zero-order chi connectivity index (χ0) is 9.88. The molecule has 2 radical (unpaired) electrons. The van der Waals surface area contributed by atoms with Crippen molar-refractivity contribution in [1.29, 1.82) is 0 Å². The minimum absolute atomic E-state index is 0.682. The molecule has 4 unspecified atom stereocenters. The summed E-state index contributed by atoms with van der Waals surface area (Å²) in [4.78, 5) is 0. The average Bonchev–Trinajstić information content (AvgIpc) is 2.77. The summed E-state index contributed by atoms with van der Waals surface area (Å²) in [7, 11) is 0. The van der Waals surface area contributed by atoms with Gasteiger partial charge in [0.25, 0.3) is 0 Å². The molecule has 4 atom stereocenters. The van der Waals surface area contributed by atoms with E-state index in [1.807, 2.05) is 0 Å². The summed E-state index contributed by atoms with van der Waals surface area (Å²) in [5, 5.41) is 0. The van der Waals surface area contributed by atoms with Crippen molar-refractivity contribution in [2.75, 3.05) is 0 Å². The lowest BCUT2D eigenvalue weighted by atomic mass is 9.75. The van der Waals surface area contributed by atoms with Crippen molar-refractivity contribution in [2.45, 2.75) is 57.8 Å². The fourth-order valence-corrected chi connectivity index (χ4v) is 5.50. The van der Waals surface area contributed by atoms with E-state index in [1.165, 1.54) is 38.5 Å².